The summed E-state index contributed by atoms with van der Waals surface area (Å²) >= 11 is 0.150. The zero-order chi connectivity index (χ0) is 15.2. The van der Waals surface area contributed by atoms with Gasteiger partial charge in [-0.1, -0.05) is 30.3 Å². The Morgan fingerprint density at radius 3 is 2.25 bits per heavy atom. The van der Waals surface area contributed by atoms with Crippen LogP contribution in [0.5, 0.6) is 0 Å². The van der Waals surface area contributed by atoms with Crippen LogP contribution in [0.4, 0.5) is 0 Å². The molecule has 0 radical (unpaired) electrons. The molecule has 0 fully saturated rings. The predicted molar refractivity (Wildman–Crippen MR) is 76.8 cm³/mol. The number of carbonyl (C=O) groups is 2. The van der Waals surface area contributed by atoms with Crippen LogP contribution in [-0.2, 0) is 14.2 Å². The molecule has 0 amide bonds. The van der Waals surface area contributed by atoms with Crippen LogP contribution in [0.25, 0.3) is 0 Å². The third-order valence-corrected chi connectivity index (χ3v) is 6.94. The van der Waals surface area contributed by atoms with E-state index in [4.69, 9.17) is 10.2 Å². The van der Waals surface area contributed by atoms with Gasteiger partial charge in [-0.25, -0.2) is 0 Å². The first kappa shape index (κ1) is 16.8. The van der Waals surface area contributed by atoms with E-state index in [1.165, 1.54) is 0 Å². The molecule has 110 valence electrons. The Labute approximate surface area is 120 Å². The van der Waals surface area contributed by atoms with Crippen LogP contribution in [0.15, 0.2) is 30.3 Å². The minimum Gasteiger partial charge on any atom is -0.481 e. The fourth-order valence-corrected chi connectivity index (χ4v) is 5.03. The molecule has 0 heterocycles. The Morgan fingerprint density at radius 2 is 1.80 bits per heavy atom. The lowest BCUT2D eigenvalue weighted by molar-refractivity contribution is -0.142. The monoisotopic (exact) mass is 318 g/mol. The Balaban J connectivity index is 2.91. The zero-order valence-electron chi connectivity index (χ0n) is 10.5. The van der Waals surface area contributed by atoms with E-state index in [0.717, 1.165) is 0 Å². The van der Waals surface area contributed by atoms with Crippen LogP contribution in [0.1, 0.15) is 12.8 Å². The zero-order valence-corrected chi connectivity index (χ0v) is 12.2. The summed E-state index contributed by atoms with van der Waals surface area (Å²) < 4.78 is 21.9. The molecule has 0 aliphatic rings. The average Bonchev–Trinajstić information content (AvgIpc) is 2.43. The SMILES string of the molecule is O=C(O)CCC(CP(=O)(SO)c1ccccc1)C(=O)O. The highest BCUT2D eigenvalue weighted by molar-refractivity contribution is 8.57. The van der Waals surface area contributed by atoms with Crippen molar-refractivity contribution in [2.45, 2.75) is 12.8 Å². The fraction of sp³-hybridized carbons (Fsp3) is 0.333. The van der Waals surface area contributed by atoms with Crippen molar-refractivity contribution in [3.05, 3.63) is 30.3 Å². The lowest BCUT2D eigenvalue weighted by Gasteiger charge is -2.19. The number of benzene rings is 1. The van der Waals surface area contributed by atoms with Gasteiger partial charge in [0.05, 0.1) is 17.6 Å². The van der Waals surface area contributed by atoms with Gasteiger partial charge in [0.2, 0.25) is 0 Å². The highest BCUT2D eigenvalue weighted by Gasteiger charge is 2.33. The summed E-state index contributed by atoms with van der Waals surface area (Å²) in [7, 11) is 0. The largest absolute Gasteiger partial charge is 0.481 e. The molecule has 0 saturated carbocycles. The van der Waals surface area contributed by atoms with Crippen molar-refractivity contribution in [1.82, 2.24) is 0 Å². The molecule has 0 spiro atoms. The molecule has 0 aliphatic carbocycles. The predicted octanol–water partition coefficient (Wildman–Crippen LogP) is 2.36. The number of hydrogen-bond acceptors (Lipinski definition) is 5. The molecule has 0 bridgehead atoms. The van der Waals surface area contributed by atoms with Crippen LogP contribution in [0, 0.1) is 5.92 Å². The summed E-state index contributed by atoms with van der Waals surface area (Å²) in [5.74, 6) is -3.39. The van der Waals surface area contributed by atoms with Gasteiger partial charge < -0.3 is 19.3 Å². The highest BCUT2D eigenvalue weighted by atomic mass is 32.7. The third kappa shape index (κ3) is 4.67. The second-order valence-electron chi connectivity index (χ2n) is 4.24. The normalized spacial score (nSPS) is 15.2. The molecule has 20 heavy (non-hydrogen) atoms. The molecule has 2 unspecified atom stereocenters. The average molecular weight is 318 g/mol. The molecule has 8 heteroatoms. The van der Waals surface area contributed by atoms with E-state index in [9.17, 15) is 18.7 Å². The van der Waals surface area contributed by atoms with Gasteiger partial charge in [-0.15, -0.1) is 0 Å². The van der Waals surface area contributed by atoms with Gasteiger partial charge in [0.25, 0.3) is 0 Å². The molecule has 1 aromatic carbocycles. The molecule has 1 aromatic rings. The van der Waals surface area contributed by atoms with Crippen molar-refractivity contribution in [1.29, 1.82) is 0 Å². The summed E-state index contributed by atoms with van der Waals surface area (Å²) in [6.07, 6.45) is -4.04. The van der Waals surface area contributed by atoms with E-state index in [0.29, 0.717) is 5.30 Å². The van der Waals surface area contributed by atoms with E-state index < -0.39 is 24.2 Å². The number of aliphatic carboxylic acids is 2. The minimum atomic E-state index is -3.32. The number of carboxylic acid groups (broad SMARTS) is 2. The number of rotatable bonds is 8. The van der Waals surface area contributed by atoms with Gasteiger partial charge in [0, 0.05) is 17.9 Å². The third-order valence-electron chi connectivity index (χ3n) is 2.80. The van der Waals surface area contributed by atoms with Crippen LogP contribution in [-0.4, -0.2) is 32.9 Å². The maximum atomic E-state index is 12.6. The number of hydrogen-bond donors (Lipinski definition) is 3. The molecule has 0 saturated heterocycles. The van der Waals surface area contributed by atoms with Gasteiger partial charge in [-0.3, -0.25) is 9.59 Å². The van der Waals surface area contributed by atoms with Gasteiger partial charge in [0.15, 0.2) is 6.34 Å². The summed E-state index contributed by atoms with van der Waals surface area (Å²) in [5.41, 5.74) is 0. The lowest BCUT2D eigenvalue weighted by Crippen LogP contribution is -2.21. The Kier molecular flexibility index (Phi) is 6.26. The second kappa shape index (κ2) is 7.47. The highest BCUT2D eigenvalue weighted by Crippen LogP contribution is 2.57. The molecule has 2 atom stereocenters. The summed E-state index contributed by atoms with van der Waals surface area (Å²) in [5, 5.41) is 18.1. The van der Waals surface area contributed by atoms with E-state index >= 15 is 0 Å². The van der Waals surface area contributed by atoms with Gasteiger partial charge in [-0.05, 0) is 6.42 Å². The Bertz CT molecular complexity index is 518. The topological polar surface area (TPSA) is 112 Å². The summed E-state index contributed by atoms with van der Waals surface area (Å²) in [6.45, 7) is 0. The fourth-order valence-electron chi connectivity index (χ4n) is 1.72. The standard InChI is InChI=1S/C12H15O6PS/c13-11(14)7-6-9(12(15)16)8-19(17,20-18)10-4-2-1-3-5-10/h1-5,9,18H,6-8H2,(H,13,14)(H,15,16). The molecule has 3 N–H and O–H groups in total. The summed E-state index contributed by atoms with van der Waals surface area (Å²) in [6, 6.07) is 8.12. The van der Waals surface area contributed by atoms with Crippen LogP contribution in [0.2, 0.25) is 0 Å². The smallest absolute Gasteiger partial charge is 0.307 e. The minimum absolute atomic E-state index is 0.123. The Morgan fingerprint density at radius 1 is 1.20 bits per heavy atom. The van der Waals surface area contributed by atoms with Crippen LogP contribution in [0.3, 0.4) is 0 Å². The van der Waals surface area contributed by atoms with Crippen molar-refractivity contribution in [3.63, 3.8) is 0 Å². The molecule has 1 rings (SSSR count). The van der Waals surface area contributed by atoms with E-state index in [1.54, 1.807) is 30.3 Å². The van der Waals surface area contributed by atoms with Crippen molar-refractivity contribution in [3.8, 4) is 0 Å². The van der Waals surface area contributed by atoms with Crippen molar-refractivity contribution in [2.24, 2.45) is 5.92 Å². The van der Waals surface area contributed by atoms with E-state index in [2.05, 4.69) is 0 Å². The molecule has 0 aliphatic heterocycles. The lowest BCUT2D eigenvalue weighted by atomic mass is 10.1. The quantitative estimate of drug-likeness (QED) is 0.498. The maximum absolute atomic E-state index is 12.6. The van der Waals surface area contributed by atoms with Crippen molar-refractivity contribution in [2.75, 3.05) is 6.16 Å². The molecule has 6 nitrogen and oxygen atoms in total. The first-order chi connectivity index (χ1) is 9.39. The summed E-state index contributed by atoms with van der Waals surface area (Å²) in [4.78, 5) is 21.6. The van der Waals surface area contributed by atoms with Crippen molar-refractivity contribution < 1.29 is 28.9 Å². The van der Waals surface area contributed by atoms with Gasteiger partial charge in [-0.2, -0.15) is 0 Å². The molecular weight excluding hydrogens is 303 g/mol. The van der Waals surface area contributed by atoms with Crippen LogP contribution < -0.4 is 5.30 Å². The first-order valence-corrected chi connectivity index (χ1v) is 9.08. The van der Waals surface area contributed by atoms with Gasteiger partial charge >= 0.3 is 11.9 Å². The first-order valence-electron chi connectivity index (χ1n) is 5.81. The second-order valence-corrected chi connectivity index (χ2v) is 8.89. The maximum Gasteiger partial charge on any atom is 0.307 e. The molecular formula is C12H15O6PS. The number of carboxylic acids is 2. The van der Waals surface area contributed by atoms with Crippen molar-refractivity contribution >= 4 is 35.2 Å². The molecule has 0 aromatic heterocycles. The van der Waals surface area contributed by atoms with E-state index in [-0.39, 0.29) is 30.7 Å². The van der Waals surface area contributed by atoms with E-state index in [1.807, 2.05) is 0 Å². The Hall–Kier alpha value is -1.30. The van der Waals surface area contributed by atoms with Gasteiger partial charge in [0.1, 0.15) is 0 Å². The van der Waals surface area contributed by atoms with Crippen LogP contribution >= 0.6 is 18.0 Å².